The van der Waals surface area contributed by atoms with Gasteiger partial charge in [0.05, 0.1) is 5.41 Å². The summed E-state index contributed by atoms with van der Waals surface area (Å²) in [5, 5.41) is 0. The fourth-order valence-electron chi connectivity index (χ4n) is 3.72. The van der Waals surface area contributed by atoms with Crippen molar-refractivity contribution in [3.8, 4) is 29.6 Å². The molecular formula is C27H26F2O2. The van der Waals surface area contributed by atoms with Gasteiger partial charge in [-0.15, -0.1) is 6.42 Å². The lowest BCUT2D eigenvalue weighted by Gasteiger charge is -2.28. The summed E-state index contributed by atoms with van der Waals surface area (Å²) >= 11 is 0. The molecule has 3 aromatic carbocycles. The molecule has 0 amide bonds. The van der Waals surface area contributed by atoms with Crippen LogP contribution in [0.3, 0.4) is 0 Å². The molecule has 4 heteroatoms. The van der Waals surface area contributed by atoms with E-state index in [4.69, 9.17) is 11.2 Å². The molecule has 0 fully saturated rings. The maximum absolute atomic E-state index is 12.4. The second-order valence-electron chi connectivity index (χ2n) is 7.40. The summed E-state index contributed by atoms with van der Waals surface area (Å²) < 4.78 is 35.2. The Labute approximate surface area is 182 Å². The topological polar surface area (TPSA) is 18.5 Å². The zero-order valence-electron chi connectivity index (χ0n) is 17.6. The molecule has 0 saturated heterocycles. The number of rotatable bonds is 10. The first kappa shape index (κ1) is 22.4. The van der Waals surface area contributed by atoms with Crippen molar-refractivity contribution >= 4 is 0 Å². The second-order valence-corrected chi connectivity index (χ2v) is 7.40. The molecule has 0 aliphatic rings. The molecule has 3 rings (SSSR count). The molecule has 0 aliphatic heterocycles. The van der Waals surface area contributed by atoms with Gasteiger partial charge < -0.3 is 9.47 Å². The highest BCUT2D eigenvalue weighted by Gasteiger charge is 2.27. The van der Waals surface area contributed by atoms with Crippen molar-refractivity contribution in [3.63, 3.8) is 0 Å². The number of terminal acetylenes is 1. The smallest absolute Gasteiger partial charge is 0.387 e. The minimum absolute atomic E-state index is 0.135. The summed E-state index contributed by atoms with van der Waals surface area (Å²) in [5.41, 5.74) is 1.68. The molecule has 0 saturated carbocycles. The van der Waals surface area contributed by atoms with E-state index in [0.717, 1.165) is 42.7 Å². The van der Waals surface area contributed by atoms with Gasteiger partial charge >= 0.3 is 6.61 Å². The van der Waals surface area contributed by atoms with Gasteiger partial charge in [-0.25, -0.2) is 0 Å². The van der Waals surface area contributed by atoms with Gasteiger partial charge in [0.15, 0.2) is 0 Å². The monoisotopic (exact) mass is 420 g/mol. The number of aryl methyl sites for hydroxylation is 1. The molecule has 3 aromatic rings. The van der Waals surface area contributed by atoms with E-state index in [9.17, 15) is 8.78 Å². The van der Waals surface area contributed by atoms with E-state index in [2.05, 4.69) is 23.6 Å². The Hall–Kier alpha value is -3.32. The maximum atomic E-state index is 12.4. The normalized spacial score (nSPS) is 12.7. The van der Waals surface area contributed by atoms with E-state index in [-0.39, 0.29) is 5.75 Å². The van der Waals surface area contributed by atoms with Crippen LogP contribution in [0.15, 0.2) is 78.9 Å². The van der Waals surface area contributed by atoms with Gasteiger partial charge in [-0.3, -0.25) is 0 Å². The van der Waals surface area contributed by atoms with Crippen LogP contribution < -0.4 is 9.47 Å². The molecule has 1 atom stereocenters. The summed E-state index contributed by atoms with van der Waals surface area (Å²) in [6, 6.07) is 24.4. The SMILES string of the molecule is C#CC(CC)(CCCc1cccc(Oc2ccccc2)c1)c1ccc(OC(F)F)cc1. The summed E-state index contributed by atoms with van der Waals surface area (Å²) in [7, 11) is 0. The average Bonchev–Trinajstić information content (AvgIpc) is 2.78. The van der Waals surface area contributed by atoms with Crippen LogP contribution in [0, 0.1) is 12.3 Å². The van der Waals surface area contributed by atoms with Crippen LogP contribution in [-0.4, -0.2) is 6.61 Å². The number of benzene rings is 3. The zero-order valence-corrected chi connectivity index (χ0v) is 17.6. The summed E-state index contributed by atoms with van der Waals surface area (Å²) in [5.74, 6) is 4.70. The van der Waals surface area contributed by atoms with Crippen LogP contribution in [0.2, 0.25) is 0 Å². The fraction of sp³-hybridized carbons (Fsp3) is 0.259. The van der Waals surface area contributed by atoms with Gasteiger partial charge in [0.25, 0.3) is 0 Å². The Bertz CT molecular complexity index is 994. The molecule has 2 nitrogen and oxygen atoms in total. The predicted molar refractivity (Wildman–Crippen MR) is 120 cm³/mol. The number of hydrogen-bond donors (Lipinski definition) is 0. The number of alkyl halides is 2. The van der Waals surface area contributed by atoms with Gasteiger partial charge in [0, 0.05) is 0 Å². The van der Waals surface area contributed by atoms with Gasteiger partial charge in [-0.2, -0.15) is 8.78 Å². The number of halogens is 2. The molecule has 0 aromatic heterocycles. The molecule has 31 heavy (non-hydrogen) atoms. The molecule has 160 valence electrons. The molecule has 0 N–H and O–H groups in total. The highest BCUT2D eigenvalue weighted by atomic mass is 19.3. The number of hydrogen-bond acceptors (Lipinski definition) is 2. The maximum Gasteiger partial charge on any atom is 0.387 e. The number of ether oxygens (including phenoxy) is 2. The Balaban J connectivity index is 1.64. The third kappa shape index (κ3) is 6.08. The first-order valence-electron chi connectivity index (χ1n) is 10.4. The van der Waals surface area contributed by atoms with Crippen LogP contribution >= 0.6 is 0 Å². The average molecular weight is 420 g/mol. The van der Waals surface area contributed by atoms with Crippen molar-refractivity contribution in [1.29, 1.82) is 0 Å². The standard InChI is InChI=1S/C27H26F2O2/c1-3-27(4-2,22-15-17-24(18-16-22)31-26(28)29)19-9-11-21-10-8-14-25(20-21)30-23-12-6-5-7-13-23/h1,5-8,10,12-18,20,26H,4,9,11,19H2,2H3. The molecule has 0 spiro atoms. The third-order valence-corrected chi connectivity index (χ3v) is 5.46. The quantitative estimate of drug-likeness (QED) is 0.319. The van der Waals surface area contributed by atoms with Crippen molar-refractivity contribution in [2.45, 2.75) is 44.6 Å². The second kappa shape index (κ2) is 10.6. The lowest BCUT2D eigenvalue weighted by Crippen LogP contribution is -2.23. The van der Waals surface area contributed by atoms with Gasteiger partial charge in [0.1, 0.15) is 17.2 Å². The summed E-state index contributed by atoms with van der Waals surface area (Å²) in [6.45, 7) is -0.784. The largest absolute Gasteiger partial charge is 0.457 e. The van der Waals surface area contributed by atoms with Crippen molar-refractivity contribution in [2.24, 2.45) is 0 Å². The first-order valence-corrected chi connectivity index (χ1v) is 10.4. The van der Waals surface area contributed by atoms with E-state index >= 15 is 0 Å². The Morgan fingerprint density at radius 1 is 0.903 bits per heavy atom. The van der Waals surface area contributed by atoms with Crippen LogP contribution in [0.1, 0.15) is 37.3 Å². The van der Waals surface area contributed by atoms with Crippen LogP contribution in [0.25, 0.3) is 0 Å². The van der Waals surface area contributed by atoms with Crippen LogP contribution in [0.5, 0.6) is 17.2 Å². The molecule has 0 aliphatic carbocycles. The number of para-hydroxylation sites is 1. The molecule has 0 bridgehead atoms. The van der Waals surface area contributed by atoms with Crippen molar-refractivity contribution in [1.82, 2.24) is 0 Å². The van der Waals surface area contributed by atoms with Crippen molar-refractivity contribution in [3.05, 3.63) is 90.0 Å². The molecule has 1 unspecified atom stereocenters. The van der Waals surface area contributed by atoms with Crippen molar-refractivity contribution < 1.29 is 18.3 Å². The third-order valence-electron chi connectivity index (χ3n) is 5.46. The van der Waals surface area contributed by atoms with E-state index in [1.54, 1.807) is 24.3 Å². The first-order chi connectivity index (χ1) is 15.0. The Morgan fingerprint density at radius 2 is 1.61 bits per heavy atom. The van der Waals surface area contributed by atoms with E-state index in [1.165, 1.54) is 5.56 Å². The van der Waals surface area contributed by atoms with E-state index < -0.39 is 12.0 Å². The minimum atomic E-state index is -2.84. The molecular weight excluding hydrogens is 394 g/mol. The molecule has 0 radical (unpaired) electrons. The van der Waals surface area contributed by atoms with Gasteiger partial charge in [0.2, 0.25) is 0 Å². The van der Waals surface area contributed by atoms with Crippen LogP contribution in [0.4, 0.5) is 8.78 Å². The zero-order chi connectivity index (χ0) is 22.1. The fourth-order valence-corrected chi connectivity index (χ4v) is 3.72. The summed E-state index contributed by atoms with van der Waals surface area (Å²) in [4.78, 5) is 0. The predicted octanol–water partition coefficient (Wildman–Crippen LogP) is 7.38. The highest BCUT2D eigenvalue weighted by molar-refractivity contribution is 5.38. The lowest BCUT2D eigenvalue weighted by atomic mass is 9.75. The summed E-state index contributed by atoms with van der Waals surface area (Å²) in [6.07, 6.45) is 9.24. The van der Waals surface area contributed by atoms with E-state index in [0.29, 0.717) is 0 Å². The highest BCUT2D eigenvalue weighted by Crippen LogP contribution is 2.34. The van der Waals surface area contributed by atoms with Gasteiger partial charge in [-0.05, 0) is 73.2 Å². The van der Waals surface area contributed by atoms with Crippen LogP contribution in [-0.2, 0) is 11.8 Å². The van der Waals surface area contributed by atoms with E-state index in [1.807, 2.05) is 48.5 Å². The van der Waals surface area contributed by atoms with Gasteiger partial charge in [-0.1, -0.05) is 55.3 Å². The lowest BCUT2D eigenvalue weighted by molar-refractivity contribution is -0.0498. The Kier molecular flexibility index (Phi) is 7.67. The Morgan fingerprint density at radius 3 is 2.26 bits per heavy atom. The van der Waals surface area contributed by atoms with Crippen molar-refractivity contribution in [2.75, 3.05) is 0 Å². The molecule has 0 heterocycles. The minimum Gasteiger partial charge on any atom is -0.457 e.